The standard InChI is InChI=1S/C19H30N4O3/c1-26-14-13-23-8-2-5-19(25,18(23)24)16-22-11-9-21(10-12-22)15-17-3-6-20-7-4-17/h3-4,6-7,25H,2,5,8-16H2,1H3. The van der Waals surface area contributed by atoms with E-state index in [4.69, 9.17) is 4.74 Å². The molecular formula is C19H30N4O3. The second-order valence-electron chi connectivity index (χ2n) is 7.33. The molecule has 1 amide bonds. The molecule has 3 rings (SSSR count). The SMILES string of the molecule is COCCN1CCCC(O)(CN2CCN(Cc3ccncc3)CC2)C1=O. The lowest BCUT2D eigenvalue weighted by Crippen LogP contribution is -2.60. The van der Waals surface area contributed by atoms with E-state index in [0.717, 1.165) is 39.1 Å². The molecule has 2 saturated heterocycles. The van der Waals surface area contributed by atoms with Crippen LogP contribution in [0.3, 0.4) is 0 Å². The second-order valence-corrected chi connectivity index (χ2v) is 7.33. The van der Waals surface area contributed by atoms with Crippen LogP contribution in [0.1, 0.15) is 18.4 Å². The van der Waals surface area contributed by atoms with Crippen molar-refractivity contribution < 1.29 is 14.6 Å². The van der Waals surface area contributed by atoms with Gasteiger partial charge in [-0.05, 0) is 30.5 Å². The molecule has 7 nitrogen and oxygen atoms in total. The van der Waals surface area contributed by atoms with Gasteiger partial charge < -0.3 is 14.7 Å². The van der Waals surface area contributed by atoms with Crippen LogP contribution in [0.4, 0.5) is 0 Å². The van der Waals surface area contributed by atoms with Gasteiger partial charge in [0.15, 0.2) is 5.60 Å². The van der Waals surface area contributed by atoms with E-state index >= 15 is 0 Å². The molecule has 2 aliphatic heterocycles. The summed E-state index contributed by atoms with van der Waals surface area (Å²) in [5.41, 5.74) is 0.0162. The fourth-order valence-electron chi connectivity index (χ4n) is 3.85. The highest BCUT2D eigenvalue weighted by molar-refractivity contribution is 5.86. The minimum absolute atomic E-state index is 0.139. The zero-order valence-corrected chi connectivity index (χ0v) is 15.6. The minimum atomic E-state index is -1.25. The molecule has 1 aromatic heterocycles. The molecule has 1 aromatic rings. The molecule has 0 aromatic carbocycles. The van der Waals surface area contributed by atoms with Gasteiger partial charge >= 0.3 is 0 Å². The van der Waals surface area contributed by atoms with Crippen molar-refractivity contribution in [1.29, 1.82) is 0 Å². The summed E-state index contributed by atoms with van der Waals surface area (Å²) in [6.07, 6.45) is 5.04. The third-order valence-electron chi connectivity index (χ3n) is 5.37. The highest BCUT2D eigenvalue weighted by Crippen LogP contribution is 2.24. The van der Waals surface area contributed by atoms with Gasteiger partial charge in [0, 0.05) is 71.9 Å². The largest absolute Gasteiger partial charge is 0.383 e. The summed E-state index contributed by atoms with van der Waals surface area (Å²) < 4.78 is 5.08. The van der Waals surface area contributed by atoms with E-state index in [0.29, 0.717) is 32.7 Å². The van der Waals surface area contributed by atoms with Gasteiger partial charge in [-0.3, -0.25) is 19.6 Å². The lowest BCUT2D eigenvalue weighted by Gasteiger charge is -2.43. The summed E-state index contributed by atoms with van der Waals surface area (Å²) in [7, 11) is 1.63. The molecule has 7 heteroatoms. The third-order valence-corrected chi connectivity index (χ3v) is 5.37. The number of likely N-dealkylation sites (tertiary alicyclic amines) is 1. The van der Waals surface area contributed by atoms with Gasteiger partial charge in [-0.25, -0.2) is 0 Å². The number of nitrogens with zero attached hydrogens (tertiary/aromatic N) is 4. The van der Waals surface area contributed by atoms with Gasteiger partial charge in [-0.15, -0.1) is 0 Å². The van der Waals surface area contributed by atoms with Crippen LogP contribution in [0.2, 0.25) is 0 Å². The Kier molecular flexibility index (Phi) is 6.58. The first-order valence-corrected chi connectivity index (χ1v) is 9.45. The fourth-order valence-corrected chi connectivity index (χ4v) is 3.85. The minimum Gasteiger partial charge on any atom is -0.383 e. The number of hydrogen-bond acceptors (Lipinski definition) is 6. The number of rotatable bonds is 7. The van der Waals surface area contributed by atoms with Crippen LogP contribution >= 0.6 is 0 Å². The highest BCUT2D eigenvalue weighted by Gasteiger charge is 2.43. The van der Waals surface area contributed by atoms with Gasteiger partial charge in [0.1, 0.15) is 0 Å². The van der Waals surface area contributed by atoms with Crippen molar-refractivity contribution in [2.75, 3.05) is 59.5 Å². The van der Waals surface area contributed by atoms with E-state index in [1.807, 2.05) is 24.5 Å². The van der Waals surface area contributed by atoms with Gasteiger partial charge in [0.25, 0.3) is 5.91 Å². The molecule has 26 heavy (non-hydrogen) atoms. The molecule has 1 unspecified atom stereocenters. The lowest BCUT2D eigenvalue weighted by molar-refractivity contribution is -0.160. The molecule has 2 fully saturated rings. The van der Waals surface area contributed by atoms with Gasteiger partial charge in [-0.2, -0.15) is 0 Å². The van der Waals surface area contributed by atoms with Crippen LogP contribution in [0.25, 0.3) is 0 Å². The molecule has 3 heterocycles. The normalized spacial score (nSPS) is 25.6. The summed E-state index contributed by atoms with van der Waals surface area (Å²) in [4.78, 5) is 23.1. The Bertz CT molecular complexity index is 577. The number of amides is 1. The van der Waals surface area contributed by atoms with Crippen molar-refractivity contribution in [2.45, 2.75) is 25.0 Å². The Morgan fingerprint density at radius 3 is 2.54 bits per heavy atom. The summed E-state index contributed by atoms with van der Waals surface area (Å²) in [6.45, 7) is 6.76. The molecule has 144 valence electrons. The van der Waals surface area contributed by atoms with Crippen molar-refractivity contribution in [3.8, 4) is 0 Å². The monoisotopic (exact) mass is 362 g/mol. The summed E-state index contributed by atoms with van der Waals surface area (Å²) in [5, 5.41) is 11.0. The van der Waals surface area contributed by atoms with E-state index in [1.54, 1.807) is 12.0 Å². The molecule has 0 aliphatic carbocycles. The number of carbonyl (C=O) groups excluding carboxylic acids is 1. The van der Waals surface area contributed by atoms with Crippen molar-refractivity contribution in [3.63, 3.8) is 0 Å². The van der Waals surface area contributed by atoms with E-state index in [9.17, 15) is 9.90 Å². The Morgan fingerprint density at radius 2 is 1.85 bits per heavy atom. The molecule has 1 N–H and O–H groups in total. The number of hydrogen-bond donors (Lipinski definition) is 1. The van der Waals surface area contributed by atoms with Crippen molar-refractivity contribution in [2.24, 2.45) is 0 Å². The number of β-amino-alcohol motifs (C(OH)–C–C–N with tert-alkyl or cyclic N) is 1. The predicted octanol–water partition coefficient (Wildman–Crippen LogP) is 0.199. The number of piperidine rings is 1. The predicted molar refractivity (Wildman–Crippen MR) is 98.6 cm³/mol. The van der Waals surface area contributed by atoms with E-state index in [-0.39, 0.29) is 5.91 Å². The molecule has 0 saturated carbocycles. The third kappa shape index (κ3) is 4.79. The quantitative estimate of drug-likeness (QED) is 0.747. The van der Waals surface area contributed by atoms with Crippen LogP contribution in [0.15, 0.2) is 24.5 Å². The number of pyridine rings is 1. The summed E-state index contributed by atoms with van der Waals surface area (Å²) in [6, 6.07) is 4.09. The van der Waals surface area contributed by atoms with Crippen molar-refractivity contribution in [1.82, 2.24) is 19.7 Å². The Balaban J connectivity index is 1.49. The summed E-state index contributed by atoms with van der Waals surface area (Å²) in [5.74, 6) is -0.139. The topological polar surface area (TPSA) is 69.1 Å². The maximum absolute atomic E-state index is 12.7. The molecule has 1 atom stereocenters. The van der Waals surface area contributed by atoms with Crippen LogP contribution < -0.4 is 0 Å². The second kappa shape index (κ2) is 8.90. The van der Waals surface area contributed by atoms with E-state index < -0.39 is 5.60 Å². The van der Waals surface area contributed by atoms with Gasteiger partial charge in [-0.1, -0.05) is 0 Å². The number of aliphatic hydroxyl groups is 1. The van der Waals surface area contributed by atoms with Crippen molar-refractivity contribution >= 4 is 5.91 Å². The number of methoxy groups -OCH3 is 1. The number of ether oxygens (including phenoxy) is 1. The van der Waals surface area contributed by atoms with Crippen molar-refractivity contribution in [3.05, 3.63) is 30.1 Å². The van der Waals surface area contributed by atoms with E-state index in [2.05, 4.69) is 14.8 Å². The average molecular weight is 362 g/mol. The first-order valence-electron chi connectivity index (χ1n) is 9.45. The number of piperazine rings is 1. The fraction of sp³-hybridized carbons (Fsp3) is 0.684. The first kappa shape index (κ1) is 19.2. The van der Waals surface area contributed by atoms with Gasteiger partial charge in [0.2, 0.25) is 0 Å². The van der Waals surface area contributed by atoms with Gasteiger partial charge in [0.05, 0.1) is 6.61 Å². The number of carbonyl (C=O) groups is 1. The first-order chi connectivity index (χ1) is 12.6. The molecule has 0 bridgehead atoms. The van der Waals surface area contributed by atoms with E-state index in [1.165, 1.54) is 5.56 Å². The molecular weight excluding hydrogens is 332 g/mol. The Hall–Kier alpha value is -1.54. The average Bonchev–Trinajstić information content (AvgIpc) is 2.66. The summed E-state index contributed by atoms with van der Waals surface area (Å²) >= 11 is 0. The van der Waals surface area contributed by atoms with Crippen LogP contribution in [-0.2, 0) is 16.1 Å². The number of aromatic nitrogens is 1. The molecule has 0 radical (unpaired) electrons. The van der Waals surface area contributed by atoms with Crippen LogP contribution in [0.5, 0.6) is 0 Å². The smallest absolute Gasteiger partial charge is 0.255 e. The lowest BCUT2D eigenvalue weighted by atomic mass is 9.91. The Morgan fingerprint density at radius 1 is 1.15 bits per heavy atom. The maximum atomic E-state index is 12.7. The molecule has 0 spiro atoms. The zero-order valence-electron chi connectivity index (χ0n) is 15.6. The van der Waals surface area contributed by atoms with Crippen LogP contribution in [-0.4, -0.2) is 95.8 Å². The Labute approximate surface area is 155 Å². The zero-order chi connectivity index (χ0) is 18.4. The maximum Gasteiger partial charge on any atom is 0.255 e. The molecule has 2 aliphatic rings. The van der Waals surface area contributed by atoms with Crippen LogP contribution in [0, 0.1) is 0 Å². The highest BCUT2D eigenvalue weighted by atomic mass is 16.5.